The van der Waals surface area contributed by atoms with Crippen molar-refractivity contribution in [1.82, 2.24) is 15.3 Å². The van der Waals surface area contributed by atoms with Crippen LogP contribution in [0.15, 0.2) is 24.5 Å². The van der Waals surface area contributed by atoms with Crippen LogP contribution >= 0.6 is 11.6 Å². The number of methoxy groups -OCH3 is 1. The molecule has 2 N–H and O–H groups in total. The lowest BCUT2D eigenvalue weighted by Crippen LogP contribution is -2.33. The molecule has 0 unspecified atom stereocenters. The Morgan fingerprint density at radius 1 is 1.41 bits per heavy atom. The van der Waals surface area contributed by atoms with Gasteiger partial charge in [-0.2, -0.15) is 0 Å². The Labute approximate surface area is 135 Å². The van der Waals surface area contributed by atoms with Crippen molar-refractivity contribution >= 4 is 23.2 Å². The molecule has 0 amide bonds. The predicted octanol–water partition coefficient (Wildman–Crippen LogP) is 3.02. The van der Waals surface area contributed by atoms with Crippen molar-refractivity contribution in [3.05, 3.63) is 40.7 Å². The zero-order chi connectivity index (χ0) is 16.0. The number of ether oxygens (including phenoxy) is 1. The summed E-state index contributed by atoms with van der Waals surface area (Å²) in [6.07, 6.45) is 3.88. The standard InChI is InChI=1S/C16H17ClN4O/c1-22-14-5-12-10(6-18-9-16(12)2-3-16)4-13(14)21-15-19-7-11(17)8-20-15/h4-5,7-8,18H,2-3,6,9H2,1H3,(H,19,20,21)/i7D. The molecule has 2 heterocycles. The van der Waals surface area contributed by atoms with Crippen LogP contribution in [0.5, 0.6) is 5.75 Å². The summed E-state index contributed by atoms with van der Waals surface area (Å²) < 4.78 is 13.2. The van der Waals surface area contributed by atoms with Crippen LogP contribution in [0.2, 0.25) is 5.02 Å². The first-order valence-electron chi connectivity index (χ1n) is 7.80. The van der Waals surface area contributed by atoms with E-state index >= 15 is 0 Å². The van der Waals surface area contributed by atoms with Gasteiger partial charge in [0.05, 0.1) is 31.6 Å². The van der Waals surface area contributed by atoms with Gasteiger partial charge in [0.2, 0.25) is 5.95 Å². The van der Waals surface area contributed by atoms with Crippen LogP contribution in [0.4, 0.5) is 11.6 Å². The number of halogens is 1. The molecule has 0 atom stereocenters. The largest absolute Gasteiger partial charge is 0.495 e. The van der Waals surface area contributed by atoms with Gasteiger partial charge in [-0.3, -0.25) is 0 Å². The van der Waals surface area contributed by atoms with E-state index in [-0.39, 0.29) is 11.2 Å². The Balaban J connectivity index is 1.72. The van der Waals surface area contributed by atoms with E-state index in [1.165, 1.54) is 30.2 Å². The van der Waals surface area contributed by atoms with Crippen molar-refractivity contribution in [2.24, 2.45) is 0 Å². The van der Waals surface area contributed by atoms with Crippen LogP contribution in [-0.4, -0.2) is 23.6 Å². The molecule has 1 aliphatic heterocycles. The van der Waals surface area contributed by atoms with Gasteiger partial charge in [0.1, 0.15) is 5.75 Å². The van der Waals surface area contributed by atoms with E-state index in [1.54, 1.807) is 7.11 Å². The smallest absolute Gasteiger partial charge is 0.227 e. The molecule has 4 rings (SSSR count). The van der Waals surface area contributed by atoms with Gasteiger partial charge in [0, 0.05) is 18.5 Å². The summed E-state index contributed by atoms with van der Waals surface area (Å²) in [4.78, 5) is 8.16. The topological polar surface area (TPSA) is 59.1 Å². The molecule has 6 heteroatoms. The number of hydrogen-bond acceptors (Lipinski definition) is 5. The first kappa shape index (κ1) is 12.7. The molecule has 0 bridgehead atoms. The average molecular weight is 318 g/mol. The molecule has 114 valence electrons. The van der Waals surface area contributed by atoms with Gasteiger partial charge in [0.25, 0.3) is 0 Å². The molecular formula is C16H17ClN4O. The fourth-order valence-electron chi connectivity index (χ4n) is 3.12. The summed E-state index contributed by atoms with van der Waals surface area (Å²) in [7, 11) is 1.66. The number of fused-ring (bicyclic) bond motifs is 2. The molecule has 1 fully saturated rings. The maximum absolute atomic E-state index is 7.67. The molecule has 1 saturated carbocycles. The maximum atomic E-state index is 7.67. The van der Waals surface area contributed by atoms with Crippen LogP contribution in [0, 0.1) is 0 Å². The minimum Gasteiger partial charge on any atom is -0.495 e. The first-order valence-corrected chi connectivity index (χ1v) is 7.67. The van der Waals surface area contributed by atoms with Crippen LogP contribution in [0.1, 0.15) is 25.3 Å². The summed E-state index contributed by atoms with van der Waals surface area (Å²) in [6, 6.07) is 4.21. The van der Waals surface area contributed by atoms with Crippen molar-refractivity contribution < 1.29 is 6.11 Å². The van der Waals surface area contributed by atoms with Crippen molar-refractivity contribution in [1.29, 1.82) is 0 Å². The van der Waals surface area contributed by atoms with Crippen LogP contribution < -0.4 is 15.4 Å². The van der Waals surface area contributed by atoms with Gasteiger partial charge in [-0.15, -0.1) is 0 Å². The number of nitrogens with one attached hydrogen (secondary N) is 2. The molecule has 1 aromatic carbocycles. The summed E-state index contributed by atoms with van der Waals surface area (Å²) in [5.74, 6) is 1.10. The minimum absolute atomic E-state index is 0.000284. The first-order chi connectivity index (χ1) is 11.1. The summed E-state index contributed by atoms with van der Waals surface area (Å²) in [5, 5.41) is 6.86. The molecule has 5 nitrogen and oxygen atoms in total. The predicted molar refractivity (Wildman–Crippen MR) is 85.9 cm³/mol. The van der Waals surface area contributed by atoms with Crippen molar-refractivity contribution in [3.63, 3.8) is 0 Å². The molecule has 2 aliphatic rings. The highest BCUT2D eigenvalue weighted by molar-refractivity contribution is 6.30. The van der Waals surface area contributed by atoms with Crippen LogP contribution in [0.3, 0.4) is 0 Å². The fourth-order valence-corrected chi connectivity index (χ4v) is 3.21. The molecule has 22 heavy (non-hydrogen) atoms. The molecule has 1 aromatic heterocycles. The summed E-state index contributed by atoms with van der Waals surface area (Å²) in [6.45, 7) is 1.89. The Morgan fingerprint density at radius 3 is 3.00 bits per heavy atom. The molecule has 1 aliphatic carbocycles. The third-order valence-corrected chi connectivity index (χ3v) is 4.63. The second-order valence-corrected chi connectivity index (χ2v) is 6.28. The lowest BCUT2D eigenvalue weighted by molar-refractivity contribution is 0.413. The maximum Gasteiger partial charge on any atom is 0.227 e. The van der Waals surface area contributed by atoms with Gasteiger partial charge in [-0.25, -0.2) is 9.97 Å². The number of anilines is 2. The monoisotopic (exact) mass is 317 g/mol. The van der Waals surface area contributed by atoms with Crippen molar-refractivity contribution in [2.75, 3.05) is 19.0 Å². The Bertz CT molecular complexity index is 779. The van der Waals surface area contributed by atoms with Crippen LogP contribution in [0.25, 0.3) is 0 Å². The van der Waals surface area contributed by atoms with E-state index in [9.17, 15) is 0 Å². The van der Waals surface area contributed by atoms with E-state index < -0.39 is 0 Å². The highest BCUT2D eigenvalue weighted by atomic mass is 35.5. The van der Waals surface area contributed by atoms with Gasteiger partial charge in [0.15, 0.2) is 0 Å². The average Bonchev–Trinajstić information content (AvgIpc) is 3.31. The normalized spacial score (nSPS) is 18.5. The highest BCUT2D eigenvalue weighted by Crippen LogP contribution is 2.52. The Kier molecular flexibility index (Phi) is 2.94. The fraction of sp³-hybridized carbons (Fsp3) is 0.375. The van der Waals surface area contributed by atoms with E-state index in [2.05, 4.69) is 32.7 Å². The highest BCUT2D eigenvalue weighted by Gasteiger charge is 2.47. The van der Waals surface area contributed by atoms with Crippen molar-refractivity contribution in [3.8, 4) is 5.75 Å². The molecular weight excluding hydrogens is 300 g/mol. The Hall–Kier alpha value is -1.85. The van der Waals surface area contributed by atoms with Gasteiger partial charge < -0.3 is 15.4 Å². The number of benzene rings is 1. The quantitative estimate of drug-likeness (QED) is 0.911. The minimum atomic E-state index is -0.000284. The summed E-state index contributed by atoms with van der Waals surface area (Å²) in [5.41, 5.74) is 3.76. The lowest BCUT2D eigenvalue weighted by Gasteiger charge is -2.27. The zero-order valence-electron chi connectivity index (χ0n) is 13.2. The Morgan fingerprint density at radius 2 is 2.27 bits per heavy atom. The third-order valence-electron chi connectivity index (χ3n) is 4.44. The van der Waals surface area contributed by atoms with E-state index in [4.69, 9.17) is 17.7 Å². The molecule has 1 spiro atoms. The van der Waals surface area contributed by atoms with Gasteiger partial charge in [-0.1, -0.05) is 11.6 Å². The zero-order valence-corrected chi connectivity index (χ0v) is 13.0. The van der Waals surface area contributed by atoms with Gasteiger partial charge in [-0.05, 0) is 36.1 Å². The van der Waals surface area contributed by atoms with E-state index in [0.717, 1.165) is 24.5 Å². The lowest BCUT2D eigenvalue weighted by atomic mass is 9.87. The molecule has 0 radical (unpaired) electrons. The second kappa shape index (κ2) is 5.11. The number of nitrogens with zero attached hydrogens (tertiary/aromatic N) is 2. The second-order valence-electron chi connectivity index (χ2n) is 5.87. The number of rotatable bonds is 3. The van der Waals surface area contributed by atoms with E-state index in [1.807, 2.05) is 0 Å². The molecule has 0 saturated heterocycles. The summed E-state index contributed by atoms with van der Waals surface area (Å²) >= 11 is 5.80. The SMILES string of the molecule is [2H]c1nc(Nc2cc3c(cc2OC)C2(CC2)CNC3)ncc1Cl. The number of hydrogen-bond donors (Lipinski definition) is 2. The van der Waals surface area contributed by atoms with Crippen LogP contribution in [-0.2, 0) is 12.0 Å². The van der Waals surface area contributed by atoms with E-state index in [0.29, 0.717) is 11.4 Å². The molecule has 2 aromatic rings. The third kappa shape index (κ3) is 2.30. The van der Waals surface area contributed by atoms with Gasteiger partial charge >= 0.3 is 0 Å². The van der Waals surface area contributed by atoms with Crippen molar-refractivity contribution in [2.45, 2.75) is 24.8 Å². The number of aromatic nitrogens is 2.